The second-order valence-corrected chi connectivity index (χ2v) is 1.69. The largest absolute Gasteiger partial charge is 0.313 e. The Bertz CT molecular complexity index is 168. The highest BCUT2D eigenvalue weighted by Crippen LogP contribution is 1.89. The first kappa shape index (κ1) is 5.15. The van der Waals surface area contributed by atoms with Gasteiger partial charge in [-0.15, -0.1) is 0 Å². The van der Waals surface area contributed by atoms with E-state index in [-0.39, 0.29) is 0 Å². The molecule has 1 heterocycles. The zero-order chi connectivity index (χ0) is 5.98. The summed E-state index contributed by atoms with van der Waals surface area (Å²) >= 11 is 0. The van der Waals surface area contributed by atoms with Gasteiger partial charge in [0.1, 0.15) is 0 Å². The molecule has 44 valence electrons. The molecule has 1 rings (SSSR count). The second kappa shape index (κ2) is 1.86. The molecule has 1 N–H and O–H groups in total. The van der Waals surface area contributed by atoms with Crippen molar-refractivity contribution in [3.05, 3.63) is 18.0 Å². The standard InChI is InChI=1S/C5H9N3/c1-5-3-7-8(4-5)6-2/h3-4,6H,1-2H3. The Balaban J connectivity index is 2.84. The summed E-state index contributed by atoms with van der Waals surface area (Å²) in [6.07, 6.45) is 3.72. The van der Waals surface area contributed by atoms with Crippen LogP contribution in [-0.2, 0) is 0 Å². The first-order valence-corrected chi connectivity index (χ1v) is 2.52. The normalized spacial score (nSPS) is 9.25. The van der Waals surface area contributed by atoms with Gasteiger partial charge in [0, 0.05) is 7.05 Å². The van der Waals surface area contributed by atoms with Gasteiger partial charge in [0.15, 0.2) is 0 Å². The van der Waals surface area contributed by atoms with Crippen LogP contribution in [0.3, 0.4) is 0 Å². The van der Waals surface area contributed by atoms with Crippen molar-refractivity contribution in [3.63, 3.8) is 0 Å². The molecule has 0 unspecified atom stereocenters. The van der Waals surface area contributed by atoms with Gasteiger partial charge in [0.25, 0.3) is 0 Å². The highest BCUT2D eigenvalue weighted by Gasteiger charge is 1.85. The fourth-order valence-corrected chi connectivity index (χ4v) is 0.535. The third kappa shape index (κ3) is 0.804. The molecular formula is C5H9N3. The van der Waals surface area contributed by atoms with Gasteiger partial charge in [-0.2, -0.15) is 9.89 Å². The van der Waals surface area contributed by atoms with Crippen LogP contribution < -0.4 is 5.43 Å². The van der Waals surface area contributed by atoms with Crippen LogP contribution in [0, 0.1) is 6.92 Å². The van der Waals surface area contributed by atoms with Gasteiger partial charge in [0.05, 0.1) is 12.4 Å². The Morgan fingerprint density at radius 3 is 2.75 bits per heavy atom. The summed E-state index contributed by atoms with van der Waals surface area (Å²) in [5.41, 5.74) is 4.02. The number of aromatic nitrogens is 2. The smallest absolute Gasteiger partial charge is 0.0539 e. The molecule has 0 aliphatic heterocycles. The minimum atomic E-state index is 1.17. The van der Waals surface area contributed by atoms with Gasteiger partial charge in [-0.1, -0.05) is 0 Å². The van der Waals surface area contributed by atoms with Crippen molar-refractivity contribution in [1.82, 2.24) is 9.89 Å². The Morgan fingerprint density at radius 2 is 2.50 bits per heavy atom. The Labute approximate surface area is 48.3 Å². The number of nitrogens with one attached hydrogen (secondary N) is 1. The average molecular weight is 111 g/mol. The monoisotopic (exact) mass is 111 g/mol. The lowest BCUT2D eigenvalue weighted by Crippen LogP contribution is -2.07. The zero-order valence-electron chi connectivity index (χ0n) is 5.05. The highest BCUT2D eigenvalue weighted by molar-refractivity contribution is 4.99. The van der Waals surface area contributed by atoms with Crippen LogP contribution in [0.25, 0.3) is 0 Å². The van der Waals surface area contributed by atoms with Crippen molar-refractivity contribution in [3.8, 4) is 0 Å². The van der Waals surface area contributed by atoms with Crippen molar-refractivity contribution >= 4 is 0 Å². The van der Waals surface area contributed by atoms with Crippen molar-refractivity contribution in [2.45, 2.75) is 6.92 Å². The topological polar surface area (TPSA) is 29.9 Å². The molecule has 0 saturated carbocycles. The number of hydrogen-bond donors (Lipinski definition) is 1. The van der Waals surface area contributed by atoms with E-state index in [1.807, 2.05) is 20.2 Å². The fourth-order valence-electron chi connectivity index (χ4n) is 0.535. The predicted molar refractivity (Wildman–Crippen MR) is 32.2 cm³/mol. The van der Waals surface area contributed by atoms with Crippen LogP contribution >= 0.6 is 0 Å². The van der Waals surface area contributed by atoms with Crippen LogP contribution in [0.4, 0.5) is 0 Å². The van der Waals surface area contributed by atoms with Crippen LogP contribution in [0.1, 0.15) is 5.56 Å². The Hall–Kier alpha value is -0.990. The molecule has 0 amide bonds. The molecule has 0 atom stereocenters. The quantitative estimate of drug-likeness (QED) is 0.567. The van der Waals surface area contributed by atoms with Gasteiger partial charge in [-0.3, -0.25) is 0 Å². The average Bonchev–Trinajstić information content (AvgIpc) is 2.14. The molecule has 0 bridgehead atoms. The van der Waals surface area contributed by atoms with E-state index in [1.54, 1.807) is 11.0 Å². The van der Waals surface area contributed by atoms with Crippen LogP contribution in [0.2, 0.25) is 0 Å². The summed E-state index contributed by atoms with van der Waals surface area (Å²) in [7, 11) is 1.83. The third-order valence-corrected chi connectivity index (χ3v) is 0.941. The number of aryl methyl sites for hydroxylation is 1. The number of hydrogen-bond acceptors (Lipinski definition) is 2. The lowest BCUT2D eigenvalue weighted by atomic mass is 10.4. The summed E-state index contributed by atoms with van der Waals surface area (Å²) < 4.78 is 0. The minimum absolute atomic E-state index is 1.17. The lowest BCUT2D eigenvalue weighted by Gasteiger charge is -1.93. The molecule has 8 heavy (non-hydrogen) atoms. The van der Waals surface area contributed by atoms with Crippen molar-refractivity contribution in [2.24, 2.45) is 0 Å². The van der Waals surface area contributed by atoms with Crippen LogP contribution in [0.5, 0.6) is 0 Å². The van der Waals surface area contributed by atoms with Crippen LogP contribution in [-0.4, -0.2) is 16.9 Å². The fraction of sp³-hybridized carbons (Fsp3) is 0.400. The first-order valence-electron chi connectivity index (χ1n) is 2.52. The summed E-state index contributed by atoms with van der Waals surface area (Å²) in [6.45, 7) is 2.00. The van der Waals surface area contributed by atoms with Crippen molar-refractivity contribution < 1.29 is 0 Å². The maximum Gasteiger partial charge on any atom is 0.0539 e. The molecule has 3 heteroatoms. The number of nitrogens with zero attached hydrogens (tertiary/aromatic N) is 2. The van der Waals surface area contributed by atoms with Crippen molar-refractivity contribution in [1.29, 1.82) is 0 Å². The highest BCUT2D eigenvalue weighted by atomic mass is 15.5. The molecule has 0 aliphatic rings. The van der Waals surface area contributed by atoms with Gasteiger partial charge in [-0.05, 0) is 12.5 Å². The van der Waals surface area contributed by atoms with Crippen molar-refractivity contribution in [2.75, 3.05) is 12.5 Å². The first-order chi connectivity index (χ1) is 3.83. The lowest BCUT2D eigenvalue weighted by molar-refractivity contribution is 0.782. The molecule has 0 aromatic carbocycles. The molecule has 0 spiro atoms. The summed E-state index contributed by atoms with van der Waals surface area (Å²) in [5.74, 6) is 0. The second-order valence-electron chi connectivity index (χ2n) is 1.69. The van der Waals surface area contributed by atoms with E-state index in [0.717, 1.165) is 0 Å². The molecule has 1 aromatic rings. The SMILES string of the molecule is CNn1cc(C)cn1. The van der Waals surface area contributed by atoms with E-state index in [2.05, 4.69) is 10.5 Å². The third-order valence-electron chi connectivity index (χ3n) is 0.941. The zero-order valence-corrected chi connectivity index (χ0v) is 5.05. The van der Waals surface area contributed by atoms with Crippen LogP contribution in [0.15, 0.2) is 12.4 Å². The predicted octanol–water partition coefficient (Wildman–Crippen LogP) is 0.365. The maximum atomic E-state index is 3.94. The van der Waals surface area contributed by atoms with E-state index in [4.69, 9.17) is 0 Å². The Kier molecular flexibility index (Phi) is 1.20. The van der Waals surface area contributed by atoms with Gasteiger partial charge >= 0.3 is 0 Å². The molecule has 0 radical (unpaired) electrons. The number of rotatable bonds is 1. The van der Waals surface area contributed by atoms with E-state index in [9.17, 15) is 0 Å². The molecular weight excluding hydrogens is 102 g/mol. The summed E-state index contributed by atoms with van der Waals surface area (Å²) in [4.78, 5) is 1.66. The molecule has 0 fully saturated rings. The van der Waals surface area contributed by atoms with Gasteiger partial charge in [-0.25, -0.2) is 0 Å². The Morgan fingerprint density at radius 1 is 1.75 bits per heavy atom. The van der Waals surface area contributed by atoms with E-state index in [0.29, 0.717) is 0 Å². The molecule has 3 nitrogen and oxygen atoms in total. The van der Waals surface area contributed by atoms with Gasteiger partial charge < -0.3 is 5.43 Å². The van der Waals surface area contributed by atoms with Gasteiger partial charge in [0.2, 0.25) is 0 Å². The molecule has 0 saturated heterocycles. The summed E-state index contributed by atoms with van der Waals surface area (Å²) in [5, 5.41) is 3.94. The van der Waals surface area contributed by atoms with E-state index >= 15 is 0 Å². The minimum Gasteiger partial charge on any atom is -0.313 e. The molecule has 1 aromatic heterocycles. The van der Waals surface area contributed by atoms with E-state index in [1.165, 1.54) is 5.56 Å². The maximum absolute atomic E-state index is 3.94. The van der Waals surface area contributed by atoms with E-state index < -0.39 is 0 Å². The summed E-state index contributed by atoms with van der Waals surface area (Å²) in [6, 6.07) is 0. The molecule has 0 aliphatic carbocycles.